The van der Waals surface area contributed by atoms with Gasteiger partial charge >= 0.3 is 6.18 Å². The summed E-state index contributed by atoms with van der Waals surface area (Å²) in [5.74, 6) is 0. The molecule has 0 heterocycles. The van der Waals surface area contributed by atoms with Gasteiger partial charge in [0.1, 0.15) is 0 Å². The molecule has 2 rings (SSSR count). The van der Waals surface area contributed by atoms with E-state index in [1.54, 1.807) is 12.1 Å². The zero-order chi connectivity index (χ0) is 15.5. The molecular formula is C18H19F3. The van der Waals surface area contributed by atoms with Gasteiger partial charge in [0, 0.05) is 0 Å². The Hall–Kier alpha value is -1.77. The zero-order valence-electron chi connectivity index (χ0n) is 12.3. The number of alkyl halides is 3. The summed E-state index contributed by atoms with van der Waals surface area (Å²) >= 11 is 0. The fourth-order valence-corrected chi connectivity index (χ4v) is 2.36. The fourth-order valence-electron chi connectivity index (χ4n) is 2.36. The highest BCUT2D eigenvalue weighted by Gasteiger charge is 2.32. The smallest absolute Gasteiger partial charge is 0.166 e. The molecule has 0 aromatic heterocycles. The number of rotatable bonds is 4. The Balaban J connectivity index is 2.09. The normalized spacial score (nSPS) is 11.7. The monoisotopic (exact) mass is 292 g/mol. The van der Waals surface area contributed by atoms with Crippen molar-refractivity contribution in [3.8, 4) is 0 Å². The van der Waals surface area contributed by atoms with E-state index in [1.807, 2.05) is 0 Å². The highest BCUT2D eigenvalue weighted by atomic mass is 19.4. The lowest BCUT2D eigenvalue weighted by molar-refractivity contribution is -0.138. The van der Waals surface area contributed by atoms with E-state index in [0.717, 1.165) is 24.0 Å². The molecule has 0 unspecified atom stereocenters. The van der Waals surface area contributed by atoms with Gasteiger partial charge in [0.05, 0.1) is 5.56 Å². The molecule has 21 heavy (non-hydrogen) atoms. The maximum atomic E-state index is 12.9. The van der Waals surface area contributed by atoms with Crippen LogP contribution in [0.3, 0.4) is 0 Å². The Kier molecular flexibility index (Phi) is 4.71. The van der Waals surface area contributed by atoms with Crippen molar-refractivity contribution in [1.29, 1.82) is 0 Å². The van der Waals surface area contributed by atoms with Crippen LogP contribution in [0.1, 0.15) is 34.7 Å². The quantitative estimate of drug-likeness (QED) is 0.711. The highest BCUT2D eigenvalue weighted by Crippen LogP contribution is 2.32. The highest BCUT2D eigenvalue weighted by molar-refractivity contribution is 5.34. The van der Waals surface area contributed by atoms with Crippen molar-refractivity contribution in [3.63, 3.8) is 0 Å². The molecule has 2 aromatic carbocycles. The lowest BCUT2D eigenvalue weighted by Gasteiger charge is -2.12. The molecule has 0 aliphatic rings. The Morgan fingerprint density at radius 3 is 1.90 bits per heavy atom. The van der Waals surface area contributed by atoms with Crippen LogP contribution in [-0.2, 0) is 25.4 Å². The van der Waals surface area contributed by atoms with Gasteiger partial charge in [-0.1, -0.05) is 43.3 Å². The summed E-state index contributed by atoms with van der Waals surface area (Å²) in [4.78, 5) is 0. The minimum absolute atomic E-state index is 0.276. The second-order valence-corrected chi connectivity index (χ2v) is 5.32. The van der Waals surface area contributed by atoms with Crippen molar-refractivity contribution in [2.75, 3.05) is 0 Å². The Morgan fingerprint density at radius 2 is 1.33 bits per heavy atom. The molecule has 0 aliphatic carbocycles. The summed E-state index contributed by atoms with van der Waals surface area (Å²) in [6.45, 7) is 3.59. The van der Waals surface area contributed by atoms with Gasteiger partial charge in [0.15, 0.2) is 0 Å². The average Bonchev–Trinajstić information content (AvgIpc) is 2.45. The predicted molar refractivity (Wildman–Crippen MR) is 79.4 cm³/mol. The first-order chi connectivity index (χ1) is 9.90. The topological polar surface area (TPSA) is 0 Å². The van der Waals surface area contributed by atoms with Crippen molar-refractivity contribution in [1.82, 2.24) is 0 Å². The summed E-state index contributed by atoms with van der Waals surface area (Å²) in [7, 11) is 0. The van der Waals surface area contributed by atoms with Gasteiger partial charge in [-0.05, 0) is 54.5 Å². The molecule has 0 amide bonds. The molecule has 0 atom stereocenters. The Morgan fingerprint density at radius 1 is 0.810 bits per heavy atom. The van der Waals surface area contributed by atoms with Crippen LogP contribution in [0.4, 0.5) is 13.2 Å². The van der Waals surface area contributed by atoms with Gasteiger partial charge in [-0.25, -0.2) is 0 Å². The summed E-state index contributed by atoms with van der Waals surface area (Å²) in [5.41, 5.74) is 2.90. The van der Waals surface area contributed by atoms with Crippen molar-refractivity contribution in [2.45, 2.75) is 39.3 Å². The SMILES string of the molecule is CCc1ccc(CCc2ccc(C)c(C(F)(F)F)c2)cc1. The number of hydrogen-bond acceptors (Lipinski definition) is 0. The molecule has 0 bridgehead atoms. The maximum Gasteiger partial charge on any atom is 0.416 e. The third-order valence-electron chi connectivity index (χ3n) is 3.74. The fraction of sp³-hybridized carbons (Fsp3) is 0.333. The molecule has 0 radical (unpaired) electrons. The van der Waals surface area contributed by atoms with E-state index in [1.165, 1.54) is 18.6 Å². The van der Waals surface area contributed by atoms with Crippen LogP contribution >= 0.6 is 0 Å². The zero-order valence-corrected chi connectivity index (χ0v) is 12.3. The van der Waals surface area contributed by atoms with Gasteiger partial charge < -0.3 is 0 Å². The van der Waals surface area contributed by atoms with Crippen LogP contribution in [0.25, 0.3) is 0 Å². The van der Waals surface area contributed by atoms with Crippen molar-refractivity contribution < 1.29 is 13.2 Å². The first-order valence-corrected chi connectivity index (χ1v) is 7.14. The molecule has 112 valence electrons. The Bertz CT molecular complexity index is 595. The third-order valence-corrected chi connectivity index (χ3v) is 3.74. The minimum Gasteiger partial charge on any atom is -0.166 e. The molecule has 0 saturated heterocycles. The van der Waals surface area contributed by atoms with Crippen LogP contribution in [-0.4, -0.2) is 0 Å². The van der Waals surface area contributed by atoms with E-state index in [9.17, 15) is 13.2 Å². The lowest BCUT2D eigenvalue weighted by atomic mass is 9.99. The van der Waals surface area contributed by atoms with Gasteiger partial charge in [-0.2, -0.15) is 13.2 Å². The molecule has 0 nitrogen and oxygen atoms in total. The molecule has 0 saturated carbocycles. The number of hydrogen-bond donors (Lipinski definition) is 0. The maximum absolute atomic E-state index is 12.9. The van der Waals surface area contributed by atoms with Gasteiger partial charge in [-0.3, -0.25) is 0 Å². The number of aryl methyl sites for hydroxylation is 4. The summed E-state index contributed by atoms with van der Waals surface area (Å²) < 4.78 is 38.6. The van der Waals surface area contributed by atoms with Crippen LogP contribution in [0, 0.1) is 6.92 Å². The average molecular weight is 292 g/mol. The van der Waals surface area contributed by atoms with Crippen LogP contribution in [0.5, 0.6) is 0 Å². The Labute approximate surface area is 123 Å². The van der Waals surface area contributed by atoms with E-state index < -0.39 is 11.7 Å². The van der Waals surface area contributed by atoms with E-state index in [0.29, 0.717) is 6.42 Å². The van der Waals surface area contributed by atoms with E-state index in [2.05, 4.69) is 31.2 Å². The standard InChI is InChI=1S/C18H19F3/c1-3-14-6-8-15(9-7-14)10-11-16-5-4-13(2)17(12-16)18(19,20)21/h4-9,12H,3,10-11H2,1-2H3. The largest absolute Gasteiger partial charge is 0.416 e. The molecule has 0 spiro atoms. The first kappa shape index (κ1) is 15.6. The van der Waals surface area contributed by atoms with Crippen LogP contribution in [0.15, 0.2) is 42.5 Å². The van der Waals surface area contributed by atoms with E-state index >= 15 is 0 Å². The van der Waals surface area contributed by atoms with E-state index in [4.69, 9.17) is 0 Å². The lowest BCUT2D eigenvalue weighted by Crippen LogP contribution is -2.08. The molecule has 0 aliphatic heterocycles. The molecular weight excluding hydrogens is 273 g/mol. The van der Waals surface area contributed by atoms with Gasteiger partial charge in [-0.15, -0.1) is 0 Å². The van der Waals surface area contributed by atoms with Crippen LogP contribution < -0.4 is 0 Å². The summed E-state index contributed by atoms with van der Waals surface area (Å²) in [5, 5.41) is 0. The number of benzene rings is 2. The number of halogens is 3. The van der Waals surface area contributed by atoms with E-state index in [-0.39, 0.29) is 5.56 Å². The molecule has 2 aromatic rings. The predicted octanol–water partition coefficient (Wildman–Crippen LogP) is 5.36. The molecule has 3 heteroatoms. The van der Waals surface area contributed by atoms with Crippen molar-refractivity contribution >= 4 is 0 Å². The van der Waals surface area contributed by atoms with Crippen molar-refractivity contribution in [2.24, 2.45) is 0 Å². The van der Waals surface area contributed by atoms with Crippen LogP contribution in [0.2, 0.25) is 0 Å². The van der Waals surface area contributed by atoms with Gasteiger partial charge in [0.2, 0.25) is 0 Å². The summed E-state index contributed by atoms with van der Waals surface area (Å²) in [6, 6.07) is 12.9. The third kappa shape index (κ3) is 4.10. The first-order valence-electron chi connectivity index (χ1n) is 7.14. The second-order valence-electron chi connectivity index (χ2n) is 5.32. The molecule has 0 fully saturated rings. The summed E-state index contributed by atoms with van der Waals surface area (Å²) in [6.07, 6.45) is -1.91. The van der Waals surface area contributed by atoms with Gasteiger partial charge in [0.25, 0.3) is 0 Å². The molecule has 0 N–H and O–H groups in total. The second kappa shape index (κ2) is 6.33. The minimum atomic E-state index is -4.27. The van der Waals surface area contributed by atoms with Crippen molar-refractivity contribution in [3.05, 3.63) is 70.3 Å².